The molecule has 0 heterocycles. The number of rotatable bonds is 6. The molecule has 0 saturated heterocycles. The van der Waals surface area contributed by atoms with E-state index in [0.29, 0.717) is 16.7 Å². The van der Waals surface area contributed by atoms with Gasteiger partial charge in [0.25, 0.3) is 0 Å². The summed E-state index contributed by atoms with van der Waals surface area (Å²) in [4.78, 5) is 27.6. The number of hydrogen-bond donors (Lipinski definition) is 0. The zero-order chi connectivity index (χ0) is 19.2. The predicted molar refractivity (Wildman–Crippen MR) is 106 cm³/mol. The third-order valence-corrected chi connectivity index (χ3v) is 4.24. The second-order valence-corrected chi connectivity index (χ2v) is 6.37. The average molecular weight is 359 g/mol. The summed E-state index contributed by atoms with van der Waals surface area (Å²) in [5.74, 6) is -0.779. The van der Waals surface area contributed by atoms with Crippen LogP contribution in [-0.2, 0) is 4.74 Å². The number of carbonyl (C=O) groups excluding carboxylic acids is 2. The molecule has 3 aromatic carbocycles. The molecule has 0 radical (unpaired) electrons. The molecule has 0 saturated carbocycles. The number of ketones is 1. The monoisotopic (exact) mass is 359 g/mol. The smallest absolute Gasteiger partial charge is 0.339 e. The lowest BCUT2D eigenvalue weighted by molar-refractivity contribution is 0.0280. The Morgan fingerprint density at radius 1 is 0.741 bits per heavy atom. The molecule has 0 amide bonds. The van der Waals surface area contributed by atoms with E-state index in [1.165, 1.54) is 0 Å². The normalized spacial score (nSPS) is 11.5. The van der Waals surface area contributed by atoms with E-state index >= 15 is 0 Å². The van der Waals surface area contributed by atoms with Crippen molar-refractivity contribution in [3.8, 4) is 0 Å². The second-order valence-electron chi connectivity index (χ2n) is 6.37. The van der Waals surface area contributed by atoms with E-state index in [2.05, 4.69) is 0 Å². The first-order chi connectivity index (χ1) is 13.1. The fraction of sp³-hybridized carbons (Fsp3) is 0.130. The Balaban J connectivity index is 1.87. The highest BCUT2D eigenvalue weighted by molar-refractivity contribution is 6.02. The minimum Gasteiger partial charge on any atom is -0.445 e. The van der Waals surface area contributed by atoms with Crippen molar-refractivity contribution in [2.75, 3.05) is 19.0 Å². The molecule has 1 atom stereocenters. The molecule has 1 unspecified atom stereocenters. The quantitative estimate of drug-likeness (QED) is 0.479. The Bertz CT molecular complexity index is 903. The van der Waals surface area contributed by atoms with E-state index in [1.54, 1.807) is 48.5 Å². The summed E-state index contributed by atoms with van der Waals surface area (Å²) in [5, 5.41) is 0. The van der Waals surface area contributed by atoms with Gasteiger partial charge in [0.15, 0.2) is 6.10 Å². The van der Waals surface area contributed by atoms with E-state index in [0.717, 1.165) is 5.69 Å². The largest absolute Gasteiger partial charge is 0.445 e. The standard InChI is InChI=1S/C23H21NO3/c1-24(2)20-15-13-19(14-16-20)23(26)27-22(18-11-7-4-8-12-18)21(25)17-9-5-3-6-10-17/h3-16,22H,1-2H3. The first-order valence-electron chi connectivity index (χ1n) is 8.69. The average Bonchev–Trinajstić information content (AvgIpc) is 2.72. The van der Waals surface area contributed by atoms with E-state index in [9.17, 15) is 9.59 Å². The van der Waals surface area contributed by atoms with Gasteiger partial charge in [-0.05, 0) is 24.3 Å². The van der Waals surface area contributed by atoms with Crippen LogP contribution in [0.1, 0.15) is 32.4 Å². The molecule has 136 valence electrons. The third-order valence-electron chi connectivity index (χ3n) is 4.24. The van der Waals surface area contributed by atoms with E-state index in [4.69, 9.17) is 4.74 Å². The Kier molecular flexibility index (Phi) is 5.67. The van der Waals surface area contributed by atoms with Gasteiger partial charge in [-0.2, -0.15) is 0 Å². The fourth-order valence-electron chi connectivity index (χ4n) is 2.73. The van der Waals surface area contributed by atoms with Gasteiger partial charge < -0.3 is 9.64 Å². The molecule has 0 aliphatic rings. The first-order valence-corrected chi connectivity index (χ1v) is 8.69. The van der Waals surface area contributed by atoms with Crippen LogP contribution in [0.4, 0.5) is 5.69 Å². The Morgan fingerprint density at radius 3 is 1.85 bits per heavy atom. The molecule has 0 aromatic heterocycles. The number of esters is 1. The van der Waals surface area contributed by atoms with Crippen molar-refractivity contribution in [1.82, 2.24) is 0 Å². The molecule has 0 spiro atoms. The topological polar surface area (TPSA) is 46.6 Å². The molecule has 27 heavy (non-hydrogen) atoms. The maximum Gasteiger partial charge on any atom is 0.339 e. The van der Waals surface area contributed by atoms with Gasteiger partial charge in [0.05, 0.1) is 5.56 Å². The van der Waals surface area contributed by atoms with Crippen LogP contribution < -0.4 is 4.90 Å². The minimum atomic E-state index is -0.991. The lowest BCUT2D eigenvalue weighted by atomic mass is 10.00. The van der Waals surface area contributed by atoms with Crippen LogP contribution in [0.3, 0.4) is 0 Å². The summed E-state index contributed by atoms with van der Waals surface area (Å²) in [7, 11) is 3.86. The number of hydrogen-bond acceptors (Lipinski definition) is 4. The molecule has 3 aromatic rings. The maximum absolute atomic E-state index is 13.0. The van der Waals surface area contributed by atoms with Crippen LogP contribution in [0, 0.1) is 0 Å². The second kappa shape index (κ2) is 8.32. The predicted octanol–water partition coefficient (Wildman–Crippen LogP) is 4.53. The van der Waals surface area contributed by atoms with Gasteiger partial charge in [0.1, 0.15) is 0 Å². The lowest BCUT2D eigenvalue weighted by Crippen LogP contribution is -2.20. The van der Waals surface area contributed by atoms with Gasteiger partial charge in [-0.1, -0.05) is 60.7 Å². The fourth-order valence-corrected chi connectivity index (χ4v) is 2.73. The number of benzene rings is 3. The Hall–Kier alpha value is -3.40. The van der Waals surface area contributed by atoms with Crippen molar-refractivity contribution in [2.45, 2.75) is 6.10 Å². The highest BCUT2D eigenvalue weighted by atomic mass is 16.5. The third kappa shape index (κ3) is 4.42. The van der Waals surface area contributed by atoms with Crippen LogP contribution in [0.5, 0.6) is 0 Å². The van der Waals surface area contributed by atoms with Gasteiger partial charge >= 0.3 is 5.97 Å². The Morgan fingerprint density at radius 2 is 1.30 bits per heavy atom. The Labute approximate surface area is 159 Å². The molecule has 4 heteroatoms. The summed E-state index contributed by atoms with van der Waals surface area (Å²) < 4.78 is 5.64. The molecule has 0 aliphatic carbocycles. The molecule has 0 bridgehead atoms. The summed E-state index contributed by atoms with van der Waals surface area (Å²) in [6.07, 6.45) is -0.991. The zero-order valence-electron chi connectivity index (χ0n) is 15.3. The molecular weight excluding hydrogens is 338 g/mol. The van der Waals surface area contributed by atoms with E-state index in [-0.39, 0.29) is 5.78 Å². The number of anilines is 1. The molecule has 4 nitrogen and oxygen atoms in total. The molecular formula is C23H21NO3. The van der Waals surface area contributed by atoms with E-state index < -0.39 is 12.1 Å². The zero-order valence-corrected chi connectivity index (χ0v) is 15.3. The van der Waals surface area contributed by atoms with Crippen LogP contribution in [0.25, 0.3) is 0 Å². The van der Waals surface area contributed by atoms with Gasteiger partial charge in [0, 0.05) is 30.9 Å². The lowest BCUT2D eigenvalue weighted by Gasteiger charge is -2.18. The summed E-state index contributed by atoms with van der Waals surface area (Å²) in [5.41, 5.74) is 2.53. The maximum atomic E-state index is 13.0. The molecule has 3 rings (SSSR count). The van der Waals surface area contributed by atoms with Crippen molar-refractivity contribution in [1.29, 1.82) is 0 Å². The van der Waals surface area contributed by atoms with Gasteiger partial charge in [0.2, 0.25) is 5.78 Å². The van der Waals surface area contributed by atoms with Crippen molar-refractivity contribution in [3.05, 3.63) is 102 Å². The van der Waals surface area contributed by atoms with Gasteiger partial charge in [-0.15, -0.1) is 0 Å². The highest BCUT2D eigenvalue weighted by Gasteiger charge is 2.26. The van der Waals surface area contributed by atoms with E-state index in [1.807, 2.05) is 55.4 Å². The summed E-state index contributed by atoms with van der Waals surface area (Å²) in [6, 6.07) is 25.0. The first kappa shape index (κ1) is 18.4. The van der Waals surface area contributed by atoms with Crippen molar-refractivity contribution in [3.63, 3.8) is 0 Å². The summed E-state index contributed by atoms with van der Waals surface area (Å²) in [6.45, 7) is 0. The van der Waals surface area contributed by atoms with Crippen LogP contribution in [-0.4, -0.2) is 25.8 Å². The van der Waals surface area contributed by atoms with Crippen LogP contribution in [0.2, 0.25) is 0 Å². The van der Waals surface area contributed by atoms with Gasteiger partial charge in [-0.25, -0.2) is 4.79 Å². The van der Waals surface area contributed by atoms with Crippen LogP contribution in [0.15, 0.2) is 84.9 Å². The highest BCUT2D eigenvalue weighted by Crippen LogP contribution is 2.24. The molecule has 0 N–H and O–H groups in total. The number of carbonyl (C=O) groups is 2. The molecule has 0 aliphatic heterocycles. The van der Waals surface area contributed by atoms with Crippen molar-refractivity contribution < 1.29 is 14.3 Å². The number of ether oxygens (including phenoxy) is 1. The van der Waals surface area contributed by atoms with Crippen LogP contribution >= 0.6 is 0 Å². The number of Topliss-reactive ketones (excluding diaryl/α,β-unsaturated/α-hetero) is 1. The van der Waals surface area contributed by atoms with Crippen molar-refractivity contribution in [2.24, 2.45) is 0 Å². The van der Waals surface area contributed by atoms with Gasteiger partial charge in [-0.3, -0.25) is 4.79 Å². The summed E-state index contributed by atoms with van der Waals surface area (Å²) >= 11 is 0. The number of nitrogens with zero attached hydrogens (tertiary/aromatic N) is 1. The minimum absolute atomic E-state index is 0.250. The van der Waals surface area contributed by atoms with Crippen molar-refractivity contribution >= 4 is 17.4 Å². The molecule has 0 fully saturated rings. The SMILES string of the molecule is CN(C)c1ccc(C(=O)OC(C(=O)c2ccccc2)c2ccccc2)cc1.